The minimum Gasteiger partial charge on any atom is -0.369 e. The van der Waals surface area contributed by atoms with E-state index in [9.17, 15) is 4.39 Å². The number of hydrogen-bond donors (Lipinski definition) is 0. The van der Waals surface area contributed by atoms with Gasteiger partial charge in [-0.25, -0.2) is 4.39 Å². The molecule has 0 rings (SSSR count). The molecule has 80 valence electrons. The predicted molar refractivity (Wildman–Crippen MR) is 53.5 cm³/mol. The summed E-state index contributed by atoms with van der Waals surface area (Å²) in [6.45, 7) is 5.13. The van der Waals surface area contributed by atoms with Crippen molar-refractivity contribution < 1.29 is 13.6 Å². The monoisotopic (exact) mass is 192 g/mol. The van der Waals surface area contributed by atoms with Crippen LogP contribution in [0.2, 0.25) is 0 Å². The van der Waals surface area contributed by atoms with Gasteiger partial charge in [-0.3, -0.25) is 0 Å². The molecule has 0 bridgehead atoms. The van der Waals surface area contributed by atoms with Crippen molar-refractivity contribution in [3.8, 4) is 0 Å². The van der Waals surface area contributed by atoms with E-state index in [1.165, 1.54) is 0 Å². The molecule has 0 aromatic heterocycles. The highest BCUT2D eigenvalue weighted by Crippen LogP contribution is 2.03. The predicted octanol–water partition coefficient (Wildman–Crippen LogP) is 1.70. The van der Waals surface area contributed by atoms with E-state index in [2.05, 4.69) is 13.8 Å². The SMILES string of the molecule is CC(C)COC(CF)C[N+](C)(C)C. The Bertz CT molecular complexity index is 131. The van der Waals surface area contributed by atoms with Gasteiger partial charge >= 0.3 is 0 Å². The van der Waals surface area contributed by atoms with Crippen LogP contribution in [0.4, 0.5) is 4.39 Å². The molecule has 0 radical (unpaired) electrons. The third-order valence-corrected chi connectivity index (χ3v) is 1.59. The van der Waals surface area contributed by atoms with Crippen molar-refractivity contribution in [1.82, 2.24) is 0 Å². The molecular weight excluding hydrogens is 169 g/mol. The van der Waals surface area contributed by atoms with Crippen LogP contribution in [-0.2, 0) is 4.74 Å². The minimum absolute atomic E-state index is 0.248. The van der Waals surface area contributed by atoms with Gasteiger partial charge in [0, 0.05) is 6.61 Å². The fourth-order valence-corrected chi connectivity index (χ4v) is 1.09. The highest BCUT2D eigenvalue weighted by Gasteiger charge is 2.18. The third kappa shape index (κ3) is 8.19. The van der Waals surface area contributed by atoms with Crippen LogP contribution in [0.5, 0.6) is 0 Å². The summed E-state index contributed by atoms with van der Waals surface area (Å²) in [6.07, 6.45) is -0.248. The lowest BCUT2D eigenvalue weighted by atomic mass is 10.2. The molecular formula is C10H23FNO+. The molecule has 0 N–H and O–H groups in total. The standard InChI is InChI=1S/C10H23FNO/c1-9(2)8-13-10(6-11)7-12(3,4)5/h9-10H,6-8H2,1-5H3/q+1. The van der Waals surface area contributed by atoms with Crippen LogP contribution < -0.4 is 0 Å². The van der Waals surface area contributed by atoms with E-state index in [4.69, 9.17) is 4.74 Å². The summed E-state index contributed by atoms with van der Waals surface area (Å²) in [6, 6.07) is 0. The van der Waals surface area contributed by atoms with Crippen LogP contribution in [0.1, 0.15) is 13.8 Å². The van der Waals surface area contributed by atoms with Crippen LogP contribution in [0.3, 0.4) is 0 Å². The normalized spacial score (nSPS) is 15.0. The maximum Gasteiger partial charge on any atom is 0.135 e. The van der Waals surface area contributed by atoms with Gasteiger partial charge in [-0.15, -0.1) is 0 Å². The maximum atomic E-state index is 12.5. The highest BCUT2D eigenvalue weighted by molar-refractivity contribution is 4.55. The summed E-state index contributed by atoms with van der Waals surface area (Å²) in [5.74, 6) is 0.474. The molecule has 1 atom stereocenters. The third-order valence-electron chi connectivity index (χ3n) is 1.59. The molecule has 0 saturated carbocycles. The Morgan fingerprint density at radius 3 is 2.08 bits per heavy atom. The Hall–Kier alpha value is -0.150. The zero-order valence-corrected chi connectivity index (χ0v) is 9.51. The molecule has 0 aromatic carbocycles. The van der Waals surface area contributed by atoms with Crippen LogP contribution in [0.25, 0.3) is 0 Å². The summed E-state index contributed by atoms with van der Waals surface area (Å²) >= 11 is 0. The molecule has 0 spiro atoms. The summed E-state index contributed by atoms with van der Waals surface area (Å²) in [4.78, 5) is 0. The zero-order valence-electron chi connectivity index (χ0n) is 9.51. The molecule has 0 aliphatic heterocycles. The van der Waals surface area contributed by atoms with Crippen molar-refractivity contribution in [2.24, 2.45) is 5.92 Å². The molecule has 2 nitrogen and oxygen atoms in total. The average Bonchev–Trinajstić information content (AvgIpc) is 1.95. The van der Waals surface area contributed by atoms with Crippen molar-refractivity contribution in [1.29, 1.82) is 0 Å². The molecule has 0 aliphatic carbocycles. The molecule has 3 heteroatoms. The Balaban J connectivity index is 3.76. The first-order valence-electron chi connectivity index (χ1n) is 4.83. The fraction of sp³-hybridized carbons (Fsp3) is 1.00. The van der Waals surface area contributed by atoms with Gasteiger partial charge in [-0.1, -0.05) is 13.8 Å². The van der Waals surface area contributed by atoms with Gasteiger partial charge in [0.2, 0.25) is 0 Å². The first-order valence-corrected chi connectivity index (χ1v) is 4.83. The second kappa shape index (κ2) is 5.55. The van der Waals surface area contributed by atoms with Gasteiger partial charge in [0.1, 0.15) is 19.3 Å². The molecule has 0 aromatic rings. The lowest BCUT2D eigenvalue weighted by molar-refractivity contribution is -0.873. The van der Waals surface area contributed by atoms with Gasteiger partial charge < -0.3 is 9.22 Å². The van der Waals surface area contributed by atoms with Gasteiger partial charge in [0.25, 0.3) is 0 Å². The number of likely N-dealkylation sites (N-methyl/N-ethyl adjacent to an activating group) is 1. The summed E-state index contributed by atoms with van der Waals surface area (Å²) < 4.78 is 18.7. The van der Waals surface area contributed by atoms with E-state index in [-0.39, 0.29) is 12.8 Å². The highest BCUT2D eigenvalue weighted by atomic mass is 19.1. The van der Waals surface area contributed by atoms with Crippen molar-refractivity contribution in [2.75, 3.05) is 41.0 Å². The lowest BCUT2D eigenvalue weighted by Crippen LogP contribution is -2.43. The second-order valence-electron chi connectivity index (χ2n) is 4.98. The number of nitrogens with zero attached hydrogens (tertiary/aromatic N) is 1. The first-order chi connectivity index (χ1) is 5.85. The van der Waals surface area contributed by atoms with Gasteiger partial charge in [0.15, 0.2) is 0 Å². The topological polar surface area (TPSA) is 9.23 Å². The minimum atomic E-state index is -0.387. The number of hydrogen-bond acceptors (Lipinski definition) is 1. The number of halogens is 1. The van der Waals surface area contributed by atoms with Crippen LogP contribution in [-0.4, -0.2) is 51.6 Å². The molecule has 0 saturated heterocycles. The average molecular weight is 192 g/mol. The molecule has 13 heavy (non-hydrogen) atoms. The Morgan fingerprint density at radius 2 is 1.77 bits per heavy atom. The number of rotatable bonds is 6. The zero-order chi connectivity index (χ0) is 10.5. The molecule has 0 aliphatic rings. The van der Waals surface area contributed by atoms with E-state index in [0.717, 1.165) is 11.0 Å². The van der Waals surface area contributed by atoms with Crippen molar-refractivity contribution in [2.45, 2.75) is 20.0 Å². The Labute approximate surface area is 81.3 Å². The van der Waals surface area contributed by atoms with E-state index in [0.29, 0.717) is 12.5 Å². The largest absolute Gasteiger partial charge is 0.369 e. The Morgan fingerprint density at radius 1 is 1.23 bits per heavy atom. The molecule has 0 fully saturated rings. The second-order valence-corrected chi connectivity index (χ2v) is 4.98. The quantitative estimate of drug-likeness (QED) is 0.582. The smallest absolute Gasteiger partial charge is 0.135 e. The van der Waals surface area contributed by atoms with Crippen molar-refractivity contribution in [3.05, 3.63) is 0 Å². The van der Waals surface area contributed by atoms with Gasteiger partial charge in [-0.2, -0.15) is 0 Å². The number of alkyl halides is 1. The summed E-state index contributed by atoms with van der Waals surface area (Å²) in [5.41, 5.74) is 0. The summed E-state index contributed by atoms with van der Waals surface area (Å²) in [5, 5.41) is 0. The Kier molecular flexibility index (Phi) is 5.49. The van der Waals surface area contributed by atoms with E-state index in [1.54, 1.807) is 0 Å². The van der Waals surface area contributed by atoms with Crippen LogP contribution in [0, 0.1) is 5.92 Å². The fourth-order valence-electron chi connectivity index (χ4n) is 1.09. The molecule has 0 heterocycles. The van der Waals surface area contributed by atoms with E-state index < -0.39 is 0 Å². The molecule has 1 unspecified atom stereocenters. The van der Waals surface area contributed by atoms with Crippen molar-refractivity contribution >= 4 is 0 Å². The van der Waals surface area contributed by atoms with E-state index >= 15 is 0 Å². The first kappa shape index (κ1) is 12.8. The summed E-state index contributed by atoms with van der Waals surface area (Å²) in [7, 11) is 6.13. The van der Waals surface area contributed by atoms with E-state index in [1.807, 2.05) is 21.1 Å². The lowest BCUT2D eigenvalue weighted by Gasteiger charge is -2.28. The van der Waals surface area contributed by atoms with Gasteiger partial charge in [-0.05, 0) is 5.92 Å². The number of quaternary nitrogens is 1. The van der Waals surface area contributed by atoms with Crippen LogP contribution >= 0.6 is 0 Å². The molecule has 0 amide bonds. The van der Waals surface area contributed by atoms with Crippen LogP contribution in [0.15, 0.2) is 0 Å². The van der Waals surface area contributed by atoms with Crippen molar-refractivity contribution in [3.63, 3.8) is 0 Å². The maximum absolute atomic E-state index is 12.5. The van der Waals surface area contributed by atoms with Gasteiger partial charge in [0.05, 0.1) is 21.1 Å². The number of ether oxygens (including phenoxy) is 1.